The number of nitrogens with one attached hydrogen (secondary N) is 3. The van der Waals surface area contributed by atoms with Crippen LogP contribution in [0.5, 0.6) is 5.75 Å². The van der Waals surface area contributed by atoms with E-state index >= 15 is 0 Å². The first-order valence-electron chi connectivity index (χ1n) is 10.5. The Balaban J connectivity index is 1.52. The molecule has 1 saturated heterocycles. The van der Waals surface area contributed by atoms with Crippen LogP contribution in [0.15, 0.2) is 53.1 Å². The van der Waals surface area contributed by atoms with E-state index in [4.69, 9.17) is 16.3 Å². The molecule has 1 unspecified atom stereocenters. The Morgan fingerprint density at radius 2 is 2.09 bits per heavy atom. The molecule has 0 spiro atoms. The first-order chi connectivity index (χ1) is 15.5. The highest BCUT2D eigenvalue weighted by molar-refractivity contribution is 9.10. The number of anilines is 2. The van der Waals surface area contributed by atoms with Crippen LogP contribution in [0.4, 0.5) is 16.2 Å². The van der Waals surface area contributed by atoms with E-state index in [-0.39, 0.29) is 6.03 Å². The molecule has 1 atom stereocenters. The van der Waals surface area contributed by atoms with Gasteiger partial charge in [-0.3, -0.25) is 4.68 Å². The van der Waals surface area contributed by atoms with Crippen molar-refractivity contribution in [2.45, 2.75) is 25.3 Å². The standard InChI is InChI=1S/C23H25BrClN5O2/c1-30-22(20(24)14-27-30)19-13-18(29-23(31)28-17-5-2-4-15(25)12-17)7-8-21(19)32-11-9-16-6-3-10-26-16/h2,4-5,7-8,12-14,16,26H,3,6,9-11H2,1H3,(H2,28,29,31). The molecule has 1 aliphatic rings. The Hall–Kier alpha value is -2.55. The summed E-state index contributed by atoms with van der Waals surface area (Å²) in [6.07, 6.45) is 5.10. The van der Waals surface area contributed by atoms with Gasteiger partial charge < -0.3 is 20.7 Å². The van der Waals surface area contributed by atoms with Gasteiger partial charge in [-0.2, -0.15) is 5.10 Å². The minimum Gasteiger partial charge on any atom is -0.493 e. The molecule has 1 fully saturated rings. The molecule has 0 aliphatic carbocycles. The predicted molar refractivity (Wildman–Crippen MR) is 132 cm³/mol. The van der Waals surface area contributed by atoms with Crippen LogP contribution >= 0.6 is 27.5 Å². The molecule has 168 valence electrons. The van der Waals surface area contributed by atoms with Crippen molar-refractivity contribution in [3.8, 4) is 17.0 Å². The van der Waals surface area contributed by atoms with E-state index in [1.807, 2.05) is 25.2 Å². The van der Waals surface area contributed by atoms with Crippen LogP contribution in [0.2, 0.25) is 5.02 Å². The van der Waals surface area contributed by atoms with Gasteiger partial charge in [0.15, 0.2) is 0 Å². The zero-order valence-corrected chi connectivity index (χ0v) is 20.0. The number of carbonyl (C=O) groups excluding carboxylic acids is 1. The largest absolute Gasteiger partial charge is 0.493 e. The number of aromatic nitrogens is 2. The first-order valence-corrected chi connectivity index (χ1v) is 11.7. The lowest BCUT2D eigenvalue weighted by Crippen LogP contribution is -2.23. The van der Waals surface area contributed by atoms with E-state index in [0.29, 0.717) is 29.0 Å². The van der Waals surface area contributed by atoms with E-state index in [9.17, 15) is 4.79 Å². The lowest BCUT2D eigenvalue weighted by atomic mass is 10.1. The number of hydrogen-bond acceptors (Lipinski definition) is 4. The van der Waals surface area contributed by atoms with Crippen molar-refractivity contribution in [2.75, 3.05) is 23.8 Å². The molecule has 2 heterocycles. The molecule has 0 saturated carbocycles. The van der Waals surface area contributed by atoms with Gasteiger partial charge >= 0.3 is 6.03 Å². The minimum absolute atomic E-state index is 0.358. The highest BCUT2D eigenvalue weighted by atomic mass is 79.9. The molecule has 0 radical (unpaired) electrons. The van der Waals surface area contributed by atoms with Gasteiger partial charge in [0.1, 0.15) is 5.75 Å². The highest BCUT2D eigenvalue weighted by Gasteiger charge is 2.18. The van der Waals surface area contributed by atoms with Gasteiger partial charge in [-0.15, -0.1) is 0 Å². The Bertz CT molecular complexity index is 1080. The Kier molecular flexibility index (Phi) is 7.34. The molecular formula is C23H25BrClN5O2. The lowest BCUT2D eigenvalue weighted by Gasteiger charge is -2.16. The van der Waals surface area contributed by atoms with Crippen molar-refractivity contribution in [1.82, 2.24) is 15.1 Å². The first kappa shape index (κ1) is 22.6. The zero-order chi connectivity index (χ0) is 22.5. The van der Waals surface area contributed by atoms with Gasteiger partial charge in [0.2, 0.25) is 0 Å². The lowest BCUT2D eigenvalue weighted by molar-refractivity contribution is 0.262. The van der Waals surface area contributed by atoms with Crippen LogP contribution < -0.4 is 20.7 Å². The van der Waals surface area contributed by atoms with Crippen molar-refractivity contribution < 1.29 is 9.53 Å². The second kappa shape index (κ2) is 10.4. The number of benzene rings is 2. The molecule has 0 bridgehead atoms. The molecule has 4 rings (SSSR count). The summed E-state index contributed by atoms with van der Waals surface area (Å²) in [5.74, 6) is 0.744. The van der Waals surface area contributed by atoms with Crippen molar-refractivity contribution in [3.63, 3.8) is 0 Å². The van der Waals surface area contributed by atoms with Crippen LogP contribution in [0, 0.1) is 0 Å². The minimum atomic E-state index is -0.358. The van der Waals surface area contributed by atoms with E-state index < -0.39 is 0 Å². The van der Waals surface area contributed by atoms with Crippen molar-refractivity contribution >= 4 is 44.9 Å². The number of carbonyl (C=O) groups is 1. The van der Waals surface area contributed by atoms with E-state index in [2.05, 4.69) is 37.0 Å². The van der Waals surface area contributed by atoms with Crippen LogP contribution in [-0.2, 0) is 7.05 Å². The maximum absolute atomic E-state index is 12.5. The number of amides is 2. The fourth-order valence-corrected chi connectivity index (χ4v) is 4.56. The number of urea groups is 1. The summed E-state index contributed by atoms with van der Waals surface area (Å²) >= 11 is 9.57. The fraction of sp³-hybridized carbons (Fsp3) is 0.304. The molecule has 3 N–H and O–H groups in total. The Morgan fingerprint density at radius 1 is 1.28 bits per heavy atom. The SMILES string of the molecule is Cn1ncc(Br)c1-c1cc(NC(=O)Nc2cccc(Cl)c2)ccc1OCCC1CCCN1. The monoisotopic (exact) mass is 517 g/mol. The predicted octanol–water partition coefficient (Wildman–Crippen LogP) is 5.67. The van der Waals surface area contributed by atoms with Crippen LogP contribution in [-0.4, -0.2) is 35.0 Å². The summed E-state index contributed by atoms with van der Waals surface area (Å²) in [7, 11) is 1.87. The molecule has 3 aromatic rings. The van der Waals surface area contributed by atoms with Crippen LogP contribution in [0.25, 0.3) is 11.3 Å². The highest BCUT2D eigenvalue weighted by Crippen LogP contribution is 2.37. The summed E-state index contributed by atoms with van der Waals surface area (Å²) in [6.45, 7) is 1.69. The van der Waals surface area contributed by atoms with Gasteiger partial charge in [0.25, 0.3) is 0 Å². The Labute approximate surface area is 200 Å². The van der Waals surface area contributed by atoms with Crippen molar-refractivity contribution in [3.05, 3.63) is 58.2 Å². The van der Waals surface area contributed by atoms with Gasteiger partial charge in [-0.25, -0.2) is 4.79 Å². The normalized spacial score (nSPS) is 15.5. The van der Waals surface area contributed by atoms with Gasteiger partial charge in [0, 0.05) is 35.1 Å². The summed E-state index contributed by atoms with van der Waals surface area (Å²) in [5, 5.41) is 14.0. The quantitative estimate of drug-likeness (QED) is 0.377. The fourth-order valence-electron chi connectivity index (χ4n) is 3.81. The molecule has 2 aromatic carbocycles. The number of hydrogen-bond donors (Lipinski definition) is 3. The van der Waals surface area contributed by atoms with E-state index in [1.165, 1.54) is 12.8 Å². The molecule has 1 aromatic heterocycles. The third kappa shape index (κ3) is 5.62. The summed E-state index contributed by atoms with van der Waals surface area (Å²) in [4.78, 5) is 12.5. The topological polar surface area (TPSA) is 80.2 Å². The summed E-state index contributed by atoms with van der Waals surface area (Å²) < 4.78 is 8.78. The van der Waals surface area contributed by atoms with Gasteiger partial charge in [0.05, 0.1) is 23.0 Å². The number of nitrogens with zero attached hydrogens (tertiary/aromatic N) is 2. The molecular weight excluding hydrogens is 494 g/mol. The number of ether oxygens (including phenoxy) is 1. The average Bonchev–Trinajstić information content (AvgIpc) is 3.38. The smallest absolute Gasteiger partial charge is 0.323 e. The van der Waals surface area contributed by atoms with E-state index in [1.54, 1.807) is 35.1 Å². The third-order valence-electron chi connectivity index (χ3n) is 5.36. The second-order valence-electron chi connectivity index (χ2n) is 7.70. The molecule has 7 nitrogen and oxygen atoms in total. The number of aryl methyl sites for hydroxylation is 1. The zero-order valence-electron chi connectivity index (χ0n) is 17.7. The molecule has 9 heteroatoms. The number of rotatable bonds is 7. The average molecular weight is 519 g/mol. The molecule has 2 amide bonds. The molecule has 32 heavy (non-hydrogen) atoms. The third-order valence-corrected chi connectivity index (χ3v) is 6.17. The second-order valence-corrected chi connectivity index (χ2v) is 8.99. The summed E-state index contributed by atoms with van der Waals surface area (Å²) in [5.41, 5.74) is 2.97. The molecule has 1 aliphatic heterocycles. The van der Waals surface area contributed by atoms with Crippen LogP contribution in [0.1, 0.15) is 19.3 Å². The van der Waals surface area contributed by atoms with Crippen molar-refractivity contribution in [2.24, 2.45) is 7.05 Å². The van der Waals surface area contributed by atoms with E-state index in [0.717, 1.165) is 34.4 Å². The number of halogens is 2. The van der Waals surface area contributed by atoms with Gasteiger partial charge in [-0.1, -0.05) is 17.7 Å². The van der Waals surface area contributed by atoms with Crippen LogP contribution in [0.3, 0.4) is 0 Å². The van der Waals surface area contributed by atoms with Gasteiger partial charge in [-0.05, 0) is 78.1 Å². The Morgan fingerprint density at radius 3 is 2.78 bits per heavy atom. The summed E-state index contributed by atoms with van der Waals surface area (Å²) in [6, 6.07) is 12.8. The van der Waals surface area contributed by atoms with Crippen molar-refractivity contribution in [1.29, 1.82) is 0 Å². The maximum Gasteiger partial charge on any atom is 0.323 e. The maximum atomic E-state index is 12.5.